The molecular formula is C17H18Cl2N2O2. The highest BCUT2D eigenvalue weighted by molar-refractivity contribution is 6.37. The molecule has 1 amide bonds. The van der Waals surface area contributed by atoms with Crippen LogP contribution in [0.25, 0.3) is 0 Å². The first-order chi connectivity index (χ1) is 11.0. The topological polar surface area (TPSA) is 50.4 Å². The van der Waals surface area contributed by atoms with Crippen molar-refractivity contribution >= 4 is 29.1 Å². The largest absolute Gasteiger partial charge is 0.486 e. The van der Waals surface area contributed by atoms with E-state index >= 15 is 0 Å². The van der Waals surface area contributed by atoms with Gasteiger partial charge in [-0.1, -0.05) is 53.5 Å². The Morgan fingerprint density at radius 1 is 1.13 bits per heavy atom. The van der Waals surface area contributed by atoms with Gasteiger partial charge in [0.15, 0.2) is 5.75 Å². The fourth-order valence-electron chi connectivity index (χ4n) is 1.84. The Morgan fingerprint density at radius 2 is 1.74 bits per heavy atom. The zero-order chi connectivity index (χ0) is 16.8. The third-order valence-electron chi connectivity index (χ3n) is 2.96. The van der Waals surface area contributed by atoms with Gasteiger partial charge < -0.3 is 4.74 Å². The molecule has 6 heteroatoms. The first-order valence-electron chi connectivity index (χ1n) is 7.19. The van der Waals surface area contributed by atoms with Gasteiger partial charge in [-0.25, -0.2) is 5.43 Å². The summed E-state index contributed by atoms with van der Waals surface area (Å²) in [6.45, 7) is 4.18. The summed E-state index contributed by atoms with van der Waals surface area (Å²) >= 11 is 12.4. The summed E-state index contributed by atoms with van der Waals surface area (Å²) in [5.74, 6) is 0.0580. The summed E-state index contributed by atoms with van der Waals surface area (Å²) in [6.07, 6.45) is 0. The molecule has 0 aromatic heterocycles. The standard InChI is InChI=1S/C17H18Cl2N2O2/c1-11(2)20-21-17(22)13-8-14(18)16(15(19)9-13)23-10-12-6-4-3-5-7-12/h3-9,11,20H,10H2,1-2H3,(H,21,22). The molecule has 4 nitrogen and oxygen atoms in total. The third-order valence-corrected chi connectivity index (χ3v) is 3.52. The van der Waals surface area contributed by atoms with Gasteiger partial charge in [0.1, 0.15) is 6.61 Å². The van der Waals surface area contributed by atoms with Gasteiger partial charge in [0, 0.05) is 11.6 Å². The van der Waals surface area contributed by atoms with Crippen LogP contribution in [0.5, 0.6) is 5.75 Å². The molecule has 0 aliphatic rings. The molecule has 0 aliphatic heterocycles. The lowest BCUT2D eigenvalue weighted by Crippen LogP contribution is -2.41. The van der Waals surface area contributed by atoms with E-state index in [1.165, 1.54) is 12.1 Å². The zero-order valence-electron chi connectivity index (χ0n) is 12.9. The van der Waals surface area contributed by atoms with Crippen LogP contribution in [0.4, 0.5) is 0 Å². The Balaban J connectivity index is 2.09. The summed E-state index contributed by atoms with van der Waals surface area (Å²) in [4.78, 5) is 12.0. The molecule has 0 saturated heterocycles. The van der Waals surface area contributed by atoms with Crippen molar-refractivity contribution in [1.29, 1.82) is 0 Å². The molecule has 0 atom stereocenters. The molecule has 0 bridgehead atoms. The number of carbonyl (C=O) groups is 1. The molecule has 0 saturated carbocycles. The second kappa shape index (κ2) is 8.20. The fourth-order valence-corrected chi connectivity index (χ4v) is 2.44. The molecule has 23 heavy (non-hydrogen) atoms. The molecule has 0 heterocycles. The van der Waals surface area contributed by atoms with E-state index in [-0.39, 0.29) is 11.9 Å². The van der Waals surface area contributed by atoms with Crippen molar-refractivity contribution in [2.45, 2.75) is 26.5 Å². The Hall–Kier alpha value is -1.75. The van der Waals surface area contributed by atoms with Crippen molar-refractivity contribution in [3.63, 3.8) is 0 Å². The Morgan fingerprint density at radius 3 is 2.30 bits per heavy atom. The second-order valence-corrected chi connectivity index (χ2v) is 6.11. The second-order valence-electron chi connectivity index (χ2n) is 5.30. The number of hydrazine groups is 1. The van der Waals surface area contributed by atoms with E-state index in [4.69, 9.17) is 27.9 Å². The number of carbonyl (C=O) groups excluding carboxylic acids is 1. The van der Waals surface area contributed by atoms with E-state index < -0.39 is 0 Å². The molecule has 0 spiro atoms. The van der Waals surface area contributed by atoms with Gasteiger partial charge in [-0.3, -0.25) is 10.2 Å². The molecular weight excluding hydrogens is 335 g/mol. The van der Waals surface area contributed by atoms with Crippen LogP contribution >= 0.6 is 23.2 Å². The van der Waals surface area contributed by atoms with Gasteiger partial charge in [0.2, 0.25) is 0 Å². The SMILES string of the molecule is CC(C)NNC(=O)c1cc(Cl)c(OCc2ccccc2)c(Cl)c1. The molecule has 122 valence electrons. The summed E-state index contributed by atoms with van der Waals surface area (Å²) in [6, 6.07) is 12.9. The lowest BCUT2D eigenvalue weighted by Gasteiger charge is -2.13. The van der Waals surface area contributed by atoms with E-state index in [1.807, 2.05) is 44.2 Å². The summed E-state index contributed by atoms with van der Waals surface area (Å²) in [5, 5.41) is 0.589. The Kier molecular flexibility index (Phi) is 6.28. The maximum atomic E-state index is 12.0. The van der Waals surface area contributed by atoms with Gasteiger partial charge in [0.25, 0.3) is 5.91 Å². The fraction of sp³-hybridized carbons (Fsp3) is 0.235. The predicted molar refractivity (Wildman–Crippen MR) is 93.0 cm³/mol. The number of hydrogen-bond acceptors (Lipinski definition) is 3. The van der Waals surface area contributed by atoms with Crippen molar-refractivity contribution < 1.29 is 9.53 Å². The lowest BCUT2D eigenvalue weighted by atomic mass is 10.2. The van der Waals surface area contributed by atoms with Crippen molar-refractivity contribution in [1.82, 2.24) is 10.9 Å². The number of halogens is 2. The van der Waals surface area contributed by atoms with E-state index in [1.54, 1.807) is 0 Å². The van der Waals surface area contributed by atoms with Crippen LogP contribution in [0.15, 0.2) is 42.5 Å². The monoisotopic (exact) mass is 352 g/mol. The summed E-state index contributed by atoms with van der Waals surface area (Å²) < 4.78 is 5.68. The molecule has 2 rings (SSSR count). The highest BCUT2D eigenvalue weighted by Crippen LogP contribution is 2.34. The van der Waals surface area contributed by atoms with Crippen LogP contribution < -0.4 is 15.6 Å². The lowest BCUT2D eigenvalue weighted by molar-refractivity contribution is 0.0927. The number of nitrogens with one attached hydrogen (secondary N) is 2. The molecule has 2 aromatic carbocycles. The maximum Gasteiger partial charge on any atom is 0.265 e. The highest BCUT2D eigenvalue weighted by atomic mass is 35.5. The molecule has 2 N–H and O–H groups in total. The number of hydrogen-bond donors (Lipinski definition) is 2. The maximum absolute atomic E-state index is 12.0. The Labute approximate surface area is 145 Å². The van der Waals surface area contributed by atoms with Crippen LogP contribution in [-0.4, -0.2) is 11.9 Å². The molecule has 0 unspecified atom stereocenters. The first-order valence-corrected chi connectivity index (χ1v) is 7.94. The third kappa shape index (κ3) is 5.13. The van der Waals surface area contributed by atoms with Crippen LogP contribution in [0, 0.1) is 0 Å². The van der Waals surface area contributed by atoms with Gasteiger partial charge in [-0.2, -0.15) is 0 Å². The molecule has 2 aromatic rings. The van der Waals surface area contributed by atoms with Crippen molar-refractivity contribution in [2.75, 3.05) is 0 Å². The highest BCUT2D eigenvalue weighted by Gasteiger charge is 2.14. The normalized spacial score (nSPS) is 10.7. The minimum Gasteiger partial charge on any atom is -0.486 e. The van der Waals surface area contributed by atoms with Crippen molar-refractivity contribution in [3.8, 4) is 5.75 Å². The molecule has 0 radical (unpaired) electrons. The van der Waals surface area contributed by atoms with Gasteiger partial charge in [-0.15, -0.1) is 0 Å². The quantitative estimate of drug-likeness (QED) is 0.765. The minimum absolute atomic E-state index is 0.123. The van der Waals surface area contributed by atoms with Crippen molar-refractivity contribution in [3.05, 3.63) is 63.6 Å². The average molecular weight is 353 g/mol. The number of benzene rings is 2. The minimum atomic E-state index is -0.308. The van der Waals surface area contributed by atoms with E-state index in [2.05, 4.69) is 10.9 Å². The van der Waals surface area contributed by atoms with E-state index in [0.717, 1.165) is 5.56 Å². The Bertz CT molecular complexity index is 653. The average Bonchev–Trinajstić information content (AvgIpc) is 2.52. The predicted octanol–water partition coefficient (Wildman–Crippen LogP) is 4.22. The first kappa shape index (κ1) is 17.6. The van der Waals surface area contributed by atoms with Gasteiger partial charge in [0.05, 0.1) is 10.0 Å². The number of ether oxygens (including phenoxy) is 1. The van der Waals surface area contributed by atoms with Crippen LogP contribution in [0.3, 0.4) is 0 Å². The zero-order valence-corrected chi connectivity index (χ0v) is 14.4. The summed E-state index contributed by atoms with van der Waals surface area (Å²) in [7, 11) is 0. The number of amides is 1. The van der Waals surface area contributed by atoms with Crippen LogP contribution in [0.1, 0.15) is 29.8 Å². The van der Waals surface area contributed by atoms with Gasteiger partial charge in [-0.05, 0) is 31.5 Å². The summed E-state index contributed by atoms with van der Waals surface area (Å²) in [5.41, 5.74) is 6.77. The number of rotatable bonds is 6. The van der Waals surface area contributed by atoms with Crippen LogP contribution in [0.2, 0.25) is 10.0 Å². The molecule has 0 aliphatic carbocycles. The van der Waals surface area contributed by atoms with E-state index in [9.17, 15) is 4.79 Å². The van der Waals surface area contributed by atoms with Gasteiger partial charge >= 0.3 is 0 Å². The smallest absolute Gasteiger partial charge is 0.265 e. The molecule has 0 fully saturated rings. The van der Waals surface area contributed by atoms with Crippen molar-refractivity contribution in [2.24, 2.45) is 0 Å². The van der Waals surface area contributed by atoms with Crippen LogP contribution in [-0.2, 0) is 6.61 Å². The van der Waals surface area contributed by atoms with E-state index in [0.29, 0.717) is 28.0 Å².